The molecule has 2 saturated carbocycles. The van der Waals surface area contributed by atoms with Gasteiger partial charge in [-0.1, -0.05) is 19.3 Å². The fraction of sp³-hybridized carbons (Fsp3) is 0.909. The first kappa shape index (κ1) is 9.97. The minimum atomic E-state index is -0.613. The maximum Gasteiger partial charge on any atom is 0.308 e. The second-order valence-electron chi connectivity index (χ2n) is 4.63. The summed E-state index contributed by atoms with van der Waals surface area (Å²) in [5.74, 6) is -0.742. The Bertz CT molecular complexity index is 211. The Hall–Kier alpha value is -0.570. The molecule has 2 aliphatic carbocycles. The maximum absolute atomic E-state index is 10.9. The minimum Gasteiger partial charge on any atom is -0.481 e. The summed E-state index contributed by atoms with van der Waals surface area (Å²) in [6.45, 7) is 0. The standard InChI is InChI=1S/C11H19NO2/c13-11(14)9-6-3-7-10(9)12-8-4-1-2-5-8/h8-10,12H,1-7H2,(H,13,14)/t9-,10+/m1/s1. The first-order chi connectivity index (χ1) is 6.77. The molecule has 2 rings (SSSR count). The summed E-state index contributed by atoms with van der Waals surface area (Å²) in [5, 5.41) is 12.5. The summed E-state index contributed by atoms with van der Waals surface area (Å²) in [5.41, 5.74) is 0. The normalized spacial score (nSPS) is 33.7. The van der Waals surface area contributed by atoms with Crippen molar-refractivity contribution in [3.8, 4) is 0 Å². The van der Waals surface area contributed by atoms with E-state index in [9.17, 15) is 4.79 Å². The summed E-state index contributed by atoms with van der Waals surface area (Å²) >= 11 is 0. The average Bonchev–Trinajstić information content (AvgIpc) is 2.75. The first-order valence-electron chi connectivity index (χ1n) is 5.76. The molecule has 0 heterocycles. The Kier molecular flexibility index (Phi) is 3.06. The van der Waals surface area contributed by atoms with Crippen molar-refractivity contribution in [3.63, 3.8) is 0 Å². The summed E-state index contributed by atoms with van der Waals surface area (Å²) in [6.07, 6.45) is 8.07. The minimum absolute atomic E-state index is 0.129. The molecule has 0 aromatic heterocycles. The lowest BCUT2D eigenvalue weighted by Gasteiger charge is -2.22. The van der Waals surface area contributed by atoms with Gasteiger partial charge < -0.3 is 10.4 Å². The summed E-state index contributed by atoms with van der Waals surface area (Å²) in [7, 11) is 0. The number of carbonyl (C=O) groups is 1. The lowest BCUT2D eigenvalue weighted by molar-refractivity contribution is -0.142. The average molecular weight is 197 g/mol. The zero-order valence-electron chi connectivity index (χ0n) is 8.54. The van der Waals surface area contributed by atoms with E-state index in [1.165, 1.54) is 25.7 Å². The van der Waals surface area contributed by atoms with Crippen LogP contribution >= 0.6 is 0 Å². The van der Waals surface area contributed by atoms with Gasteiger partial charge in [-0.2, -0.15) is 0 Å². The predicted molar refractivity (Wildman–Crippen MR) is 54.2 cm³/mol. The van der Waals surface area contributed by atoms with Crippen molar-refractivity contribution in [3.05, 3.63) is 0 Å². The molecule has 14 heavy (non-hydrogen) atoms. The summed E-state index contributed by atoms with van der Waals surface area (Å²) in [6, 6.07) is 0.843. The largest absolute Gasteiger partial charge is 0.481 e. The first-order valence-corrected chi connectivity index (χ1v) is 5.76. The Balaban J connectivity index is 1.86. The van der Waals surface area contributed by atoms with Crippen molar-refractivity contribution < 1.29 is 9.90 Å². The SMILES string of the molecule is O=C(O)[C@@H]1CCC[C@@H]1NC1CCCC1. The van der Waals surface area contributed by atoms with Crippen molar-refractivity contribution in [1.82, 2.24) is 5.32 Å². The lowest BCUT2D eigenvalue weighted by atomic mass is 10.0. The third-order valence-electron chi connectivity index (χ3n) is 3.64. The van der Waals surface area contributed by atoms with E-state index in [-0.39, 0.29) is 12.0 Å². The maximum atomic E-state index is 10.9. The number of aliphatic carboxylic acids is 1. The number of hydrogen-bond acceptors (Lipinski definition) is 2. The molecule has 80 valence electrons. The van der Waals surface area contributed by atoms with Gasteiger partial charge in [0.05, 0.1) is 5.92 Å². The highest BCUT2D eigenvalue weighted by atomic mass is 16.4. The van der Waals surface area contributed by atoms with Crippen LogP contribution in [0.2, 0.25) is 0 Å². The van der Waals surface area contributed by atoms with Crippen LogP contribution in [0.15, 0.2) is 0 Å². The Morgan fingerprint density at radius 1 is 1.07 bits per heavy atom. The van der Waals surface area contributed by atoms with E-state index in [1.807, 2.05) is 0 Å². The van der Waals surface area contributed by atoms with E-state index in [2.05, 4.69) is 5.32 Å². The molecule has 0 bridgehead atoms. The number of rotatable bonds is 3. The molecule has 0 aromatic rings. The Labute approximate surface area is 84.9 Å². The molecule has 0 aliphatic heterocycles. The van der Waals surface area contributed by atoms with E-state index in [0.717, 1.165) is 19.3 Å². The van der Waals surface area contributed by atoms with Crippen molar-refractivity contribution >= 4 is 5.97 Å². The van der Waals surface area contributed by atoms with Gasteiger partial charge in [-0.15, -0.1) is 0 Å². The van der Waals surface area contributed by atoms with Gasteiger partial charge in [-0.3, -0.25) is 4.79 Å². The van der Waals surface area contributed by atoms with Crippen LogP contribution in [0.3, 0.4) is 0 Å². The number of hydrogen-bond donors (Lipinski definition) is 2. The van der Waals surface area contributed by atoms with Crippen LogP contribution in [0.4, 0.5) is 0 Å². The van der Waals surface area contributed by atoms with E-state index in [4.69, 9.17) is 5.11 Å². The van der Waals surface area contributed by atoms with Crippen LogP contribution in [0, 0.1) is 5.92 Å². The second-order valence-corrected chi connectivity index (χ2v) is 4.63. The predicted octanol–water partition coefficient (Wildman–Crippen LogP) is 1.77. The van der Waals surface area contributed by atoms with Crippen LogP contribution < -0.4 is 5.32 Å². The molecular weight excluding hydrogens is 178 g/mol. The molecule has 3 nitrogen and oxygen atoms in total. The molecule has 0 radical (unpaired) electrons. The molecule has 2 N–H and O–H groups in total. The quantitative estimate of drug-likeness (QED) is 0.725. The highest BCUT2D eigenvalue weighted by Crippen LogP contribution is 2.28. The number of carboxylic acid groups (broad SMARTS) is 1. The van der Waals surface area contributed by atoms with E-state index in [1.54, 1.807) is 0 Å². The molecular formula is C11H19NO2. The molecule has 0 saturated heterocycles. The van der Waals surface area contributed by atoms with Crippen LogP contribution in [0.5, 0.6) is 0 Å². The van der Waals surface area contributed by atoms with Gasteiger partial charge in [0.2, 0.25) is 0 Å². The Morgan fingerprint density at radius 3 is 2.43 bits per heavy atom. The third-order valence-corrected chi connectivity index (χ3v) is 3.64. The third kappa shape index (κ3) is 2.08. The van der Waals surface area contributed by atoms with Gasteiger partial charge in [0, 0.05) is 12.1 Å². The highest BCUT2D eigenvalue weighted by molar-refractivity contribution is 5.71. The van der Waals surface area contributed by atoms with Crippen molar-refractivity contribution in [2.24, 2.45) is 5.92 Å². The van der Waals surface area contributed by atoms with Crippen molar-refractivity contribution in [1.29, 1.82) is 0 Å². The number of nitrogens with one attached hydrogen (secondary N) is 1. The molecule has 0 aromatic carbocycles. The van der Waals surface area contributed by atoms with Gasteiger partial charge in [0.1, 0.15) is 0 Å². The van der Waals surface area contributed by atoms with Crippen LogP contribution in [0.25, 0.3) is 0 Å². The molecule has 3 heteroatoms. The summed E-state index contributed by atoms with van der Waals surface area (Å²) < 4.78 is 0. The van der Waals surface area contributed by atoms with Gasteiger partial charge in [0.25, 0.3) is 0 Å². The summed E-state index contributed by atoms with van der Waals surface area (Å²) in [4.78, 5) is 10.9. The van der Waals surface area contributed by atoms with Crippen LogP contribution in [0.1, 0.15) is 44.9 Å². The van der Waals surface area contributed by atoms with E-state index in [0.29, 0.717) is 6.04 Å². The van der Waals surface area contributed by atoms with E-state index >= 15 is 0 Å². The van der Waals surface area contributed by atoms with Crippen LogP contribution in [-0.2, 0) is 4.79 Å². The van der Waals surface area contributed by atoms with Crippen LogP contribution in [-0.4, -0.2) is 23.2 Å². The van der Waals surface area contributed by atoms with Gasteiger partial charge in [0.15, 0.2) is 0 Å². The number of carboxylic acids is 1. The molecule has 0 unspecified atom stereocenters. The monoisotopic (exact) mass is 197 g/mol. The smallest absolute Gasteiger partial charge is 0.308 e. The molecule has 2 fully saturated rings. The second kappa shape index (κ2) is 4.30. The van der Waals surface area contributed by atoms with Gasteiger partial charge in [-0.25, -0.2) is 0 Å². The van der Waals surface area contributed by atoms with Gasteiger partial charge >= 0.3 is 5.97 Å². The van der Waals surface area contributed by atoms with Gasteiger partial charge in [-0.05, 0) is 25.7 Å². The zero-order chi connectivity index (χ0) is 9.97. The van der Waals surface area contributed by atoms with Crippen molar-refractivity contribution in [2.45, 2.75) is 57.0 Å². The molecule has 2 atom stereocenters. The molecule has 0 spiro atoms. The zero-order valence-corrected chi connectivity index (χ0v) is 8.54. The van der Waals surface area contributed by atoms with E-state index < -0.39 is 5.97 Å². The fourth-order valence-electron chi connectivity index (χ4n) is 2.85. The highest BCUT2D eigenvalue weighted by Gasteiger charge is 2.34. The fourth-order valence-corrected chi connectivity index (χ4v) is 2.85. The lowest BCUT2D eigenvalue weighted by Crippen LogP contribution is -2.41. The molecule has 2 aliphatic rings. The van der Waals surface area contributed by atoms with Crippen molar-refractivity contribution in [2.75, 3.05) is 0 Å². The molecule has 0 amide bonds. The Morgan fingerprint density at radius 2 is 1.79 bits per heavy atom. The topological polar surface area (TPSA) is 49.3 Å².